The molecular formula is C12H14ClN3OS. The fourth-order valence-electron chi connectivity index (χ4n) is 1.67. The number of nitrogens with one attached hydrogen (secondary N) is 1. The van der Waals surface area contributed by atoms with Gasteiger partial charge in [-0.25, -0.2) is 0 Å². The summed E-state index contributed by atoms with van der Waals surface area (Å²) in [5.74, 6) is 0.862. The molecule has 0 radical (unpaired) electrons. The Kier molecular flexibility index (Phi) is 4.04. The minimum absolute atomic E-state index is 0.419. The van der Waals surface area contributed by atoms with Crippen LogP contribution in [-0.4, -0.2) is 17.2 Å². The quantitative estimate of drug-likeness (QED) is 0.934. The minimum atomic E-state index is 0.419. The van der Waals surface area contributed by atoms with E-state index in [0.717, 1.165) is 32.0 Å². The lowest BCUT2D eigenvalue weighted by molar-refractivity contribution is 0.300. The summed E-state index contributed by atoms with van der Waals surface area (Å²) in [5.41, 5.74) is 2.05. The van der Waals surface area contributed by atoms with Gasteiger partial charge in [-0.1, -0.05) is 22.9 Å². The van der Waals surface area contributed by atoms with Crippen molar-refractivity contribution in [1.82, 2.24) is 10.2 Å². The van der Waals surface area contributed by atoms with Crippen LogP contribution < -0.4 is 10.1 Å². The number of hydrogen-bond donors (Lipinski definition) is 1. The van der Waals surface area contributed by atoms with Crippen molar-refractivity contribution in [2.24, 2.45) is 0 Å². The van der Waals surface area contributed by atoms with Gasteiger partial charge < -0.3 is 10.1 Å². The lowest BCUT2D eigenvalue weighted by Gasteiger charge is -2.11. The molecule has 0 saturated heterocycles. The van der Waals surface area contributed by atoms with E-state index in [4.69, 9.17) is 16.3 Å². The summed E-state index contributed by atoms with van der Waals surface area (Å²) >= 11 is 7.46. The summed E-state index contributed by atoms with van der Waals surface area (Å²) in [4.78, 5) is 0. The lowest BCUT2D eigenvalue weighted by atomic mass is 10.1. The largest absolute Gasteiger partial charge is 0.486 e. The zero-order valence-electron chi connectivity index (χ0n) is 10.5. The zero-order valence-corrected chi connectivity index (χ0v) is 12.0. The first-order chi connectivity index (χ1) is 8.60. The highest BCUT2D eigenvalue weighted by molar-refractivity contribution is 7.15. The van der Waals surface area contributed by atoms with Gasteiger partial charge in [0.25, 0.3) is 0 Å². The first kappa shape index (κ1) is 13.1. The van der Waals surface area contributed by atoms with Gasteiger partial charge in [-0.2, -0.15) is 0 Å². The van der Waals surface area contributed by atoms with Crippen LogP contribution in [0.15, 0.2) is 12.1 Å². The Bertz CT molecular complexity index is 533. The van der Waals surface area contributed by atoms with E-state index >= 15 is 0 Å². The van der Waals surface area contributed by atoms with Gasteiger partial charge in [0, 0.05) is 12.1 Å². The molecule has 0 spiro atoms. The van der Waals surface area contributed by atoms with Crippen molar-refractivity contribution in [2.45, 2.75) is 20.5 Å². The SMILES string of the molecule is CNc1nnc(COc2c(C)cc(Cl)cc2C)s1. The van der Waals surface area contributed by atoms with Crippen molar-refractivity contribution in [1.29, 1.82) is 0 Å². The molecule has 0 unspecified atom stereocenters. The van der Waals surface area contributed by atoms with Gasteiger partial charge >= 0.3 is 0 Å². The Balaban J connectivity index is 2.10. The molecule has 2 rings (SSSR count). The van der Waals surface area contributed by atoms with Crippen LogP contribution >= 0.6 is 22.9 Å². The number of hydrogen-bond acceptors (Lipinski definition) is 5. The number of rotatable bonds is 4. The summed E-state index contributed by atoms with van der Waals surface area (Å²) in [6.07, 6.45) is 0. The second-order valence-corrected chi connectivity index (χ2v) is 5.41. The molecule has 0 aliphatic rings. The average Bonchev–Trinajstić information content (AvgIpc) is 2.75. The highest BCUT2D eigenvalue weighted by atomic mass is 35.5. The molecule has 1 aromatic carbocycles. The van der Waals surface area contributed by atoms with E-state index in [2.05, 4.69) is 15.5 Å². The topological polar surface area (TPSA) is 47.0 Å². The van der Waals surface area contributed by atoms with Gasteiger partial charge in [0.1, 0.15) is 12.4 Å². The number of anilines is 1. The van der Waals surface area contributed by atoms with Crippen LogP contribution in [-0.2, 0) is 6.61 Å². The second kappa shape index (κ2) is 5.54. The maximum Gasteiger partial charge on any atom is 0.205 e. The second-order valence-electron chi connectivity index (χ2n) is 3.91. The molecule has 0 bridgehead atoms. The van der Waals surface area contributed by atoms with Crippen LogP contribution in [0.25, 0.3) is 0 Å². The van der Waals surface area contributed by atoms with Crippen LogP contribution in [0.1, 0.15) is 16.1 Å². The van der Waals surface area contributed by atoms with Gasteiger partial charge in [0.05, 0.1) is 0 Å². The van der Waals surface area contributed by atoms with Gasteiger partial charge in [0.15, 0.2) is 5.01 Å². The molecule has 0 amide bonds. The molecule has 6 heteroatoms. The van der Waals surface area contributed by atoms with E-state index < -0.39 is 0 Å². The van der Waals surface area contributed by atoms with Crippen LogP contribution in [0.3, 0.4) is 0 Å². The Labute approximate surface area is 115 Å². The third-order valence-electron chi connectivity index (χ3n) is 2.45. The van der Waals surface area contributed by atoms with Crippen molar-refractivity contribution < 1.29 is 4.74 Å². The molecule has 0 aliphatic carbocycles. The number of nitrogens with zero attached hydrogens (tertiary/aromatic N) is 2. The Morgan fingerprint density at radius 2 is 1.94 bits per heavy atom. The summed E-state index contributed by atoms with van der Waals surface area (Å²) in [6.45, 7) is 4.38. The van der Waals surface area contributed by atoms with Crippen LogP contribution in [0, 0.1) is 13.8 Å². The number of ether oxygens (including phenoxy) is 1. The molecule has 4 nitrogen and oxygen atoms in total. The van der Waals surface area contributed by atoms with E-state index in [-0.39, 0.29) is 0 Å². The number of benzene rings is 1. The molecule has 2 aromatic rings. The monoisotopic (exact) mass is 283 g/mol. The Hall–Kier alpha value is -1.33. The van der Waals surface area contributed by atoms with E-state index in [9.17, 15) is 0 Å². The Morgan fingerprint density at radius 3 is 2.50 bits per heavy atom. The third kappa shape index (κ3) is 2.91. The molecule has 18 heavy (non-hydrogen) atoms. The predicted molar refractivity (Wildman–Crippen MR) is 74.7 cm³/mol. The van der Waals surface area contributed by atoms with Crippen LogP contribution in [0.4, 0.5) is 5.13 Å². The fourth-order valence-corrected chi connectivity index (χ4v) is 2.61. The number of aromatic nitrogens is 2. The van der Waals surface area contributed by atoms with Crippen molar-refractivity contribution in [3.8, 4) is 5.75 Å². The van der Waals surface area contributed by atoms with Crippen molar-refractivity contribution >= 4 is 28.1 Å². The van der Waals surface area contributed by atoms with E-state index in [1.807, 2.05) is 33.0 Å². The van der Waals surface area contributed by atoms with Gasteiger partial charge in [-0.05, 0) is 37.1 Å². The van der Waals surface area contributed by atoms with Crippen molar-refractivity contribution in [3.05, 3.63) is 33.3 Å². The average molecular weight is 284 g/mol. The van der Waals surface area contributed by atoms with Crippen LogP contribution in [0.5, 0.6) is 5.75 Å². The van der Waals surface area contributed by atoms with E-state index in [1.165, 1.54) is 11.3 Å². The molecule has 0 saturated carbocycles. The molecule has 0 atom stereocenters. The van der Waals surface area contributed by atoms with Gasteiger partial charge in [-0.15, -0.1) is 10.2 Å². The molecule has 1 N–H and O–H groups in total. The highest BCUT2D eigenvalue weighted by Gasteiger charge is 2.08. The van der Waals surface area contributed by atoms with E-state index in [0.29, 0.717) is 6.61 Å². The van der Waals surface area contributed by atoms with Crippen molar-refractivity contribution in [3.63, 3.8) is 0 Å². The minimum Gasteiger partial charge on any atom is -0.486 e. The molecule has 0 aliphatic heterocycles. The summed E-state index contributed by atoms with van der Waals surface area (Å²) < 4.78 is 5.79. The van der Waals surface area contributed by atoms with Gasteiger partial charge in [0.2, 0.25) is 5.13 Å². The lowest BCUT2D eigenvalue weighted by Crippen LogP contribution is -1.98. The third-order valence-corrected chi connectivity index (χ3v) is 3.58. The van der Waals surface area contributed by atoms with Gasteiger partial charge in [-0.3, -0.25) is 0 Å². The molecule has 1 aromatic heterocycles. The molecule has 0 fully saturated rings. The van der Waals surface area contributed by atoms with E-state index in [1.54, 1.807) is 0 Å². The summed E-state index contributed by atoms with van der Waals surface area (Å²) in [5, 5.41) is 13.3. The first-order valence-corrected chi connectivity index (χ1v) is 6.69. The normalized spacial score (nSPS) is 10.4. The van der Waals surface area contributed by atoms with Crippen LogP contribution in [0.2, 0.25) is 5.02 Å². The molecule has 1 heterocycles. The zero-order chi connectivity index (χ0) is 13.1. The Morgan fingerprint density at radius 1 is 1.28 bits per heavy atom. The summed E-state index contributed by atoms with van der Waals surface area (Å²) in [6, 6.07) is 3.78. The standard InChI is InChI=1S/C12H14ClN3OS/c1-7-4-9(13)5-8(2)11(7)17-6-10-15-16-12(14-3)18-10/h4-5H,6H2,1-3H3,(H,14,16). The maximum atomic E-state index is 5.98. The first-order valence-electron chi connectivity index (χ1n) is 5.50. The highest BCUT2D eigenvalue weighted by Crippen LogP contribution is 2.28. The molecule has 96 valence electrons. The smallest absolute Gasteiger partial charge is 0.205 e. The van der Waals surface area contributed by atoms with Crippen molar-refractivity contribution in [2.75, 3.05) is 12.4 Å². The number of aryl methyl sites for hydroxylation is 2. The maximum absolute atomic E-state index is 5.98. The fraction of sp³-hybridized carbons (Fsp3) is 0.333. The number of halogens is 1. The molecular weight excluding hydrogens is 270 g/mol. The predicted octanol–water partition coefficient (Wildman–Crippen LogP) is 3.43. The summed E-state index contributed by atoms with van der Waals surface area (Å²) in [7, 11) is 1.82.